The molecule has 0 unspecified atom stereocenters. The molecule has 0 bridgehead atoms. The number of carbonyl (C=O) groups excluding carboxylic acids is 1. The number of fused-ring (bicyclic) bond motifs is 1. The van der Waals surface area contributed by atoms with E-state index in [0.717, 1.165) is 23.1 Å². The van der Waals surface area contributed by atoms with E-state index in [2.05, 4.69) is 15.1 Å². The molecule has 0 atom stereocenters. The van der Waals surface area contributed by atoms with Gasteiger partial charge in [0.2, 0.25) is 10.0 Å². The van der Waals surface area contributed by atoms with Crippen LogP contribution in [0.15, 0.2) is 47.0 Å². The number of rotatable bonds is 5. The summed E-state index contributed by atoms with van der Waals surface area (Å²) in [5, 5.41) is 4.63. The standard InChI is InChI=1S/C22H22N6O5S/c1-14-4-3-5-15(12-14)16-6-7-28(25-16)22-23-17-13-18(21(29)26-34(2,30)31)33-19(17)20(24-22)27-8-10-32-11-9-27/h3-7,12-13H,8-11H2,1-2H3,(H,26,29). The third-order valence-electron chi connectivity index (χ3n) is 5.26. The summed E-state index contributed by atoms with van der Waals surface area (Å²) in [6.45, 7) is 4.20. The van der Waals surface area contributed by atoms with Gasteiger partial charge in [-0.05, 0) is 19.1 Å². The van der Waals surface area contributed by atoms with Crippen LogP contribution in [-0.4, -0.2) is 66.6 Å². The van der Waals surface area contributed by atoms with Crippen LogP contribution >= 0.6 is 0 Å². The summed E-state index contributed by atoms with van der Waals surface area (Å²) in [7, 11) is -3.75. The van der Waals surface area contributed by atoms with Crippen molar-refractivity contribution in [2.45, 2.75) is 6.92 Å². The Bertz CT molecular complexity index is 1490. The van der Waals surface area contributed by atoms with Crippen LogP contribution in [0.4, 0.5) is 5.82 Å². The molecule has 1 N–H and O–H groups in total. The summed E-state index contributed by atoms with van der Waals surface area (Å²) < 4.78 is 37.6. The van der Waals surface area contributed by atoms with E-state index >= 15 is 0 Å². The van der Waals surface area contributed by atoms with Crippen LogP contribution in [-0.2, 0) is 14.8 Å². The molecule has 1 aliphatic heterocycles. The van der Waals surface area contributed by atoms with Crippen molar-refractivity contribution in [2.24, 2.45) is 0 Å². The Kier molecular flexibility index (Phi) is 5.54. The van der Waals surface area contributed by atoms with Gasteiger partial charge in [0.05, 0.1) is 25.2 Å². The molecule has 3 aromatic heterocycles. The number of aryl methyl sites for hydroxylation is 1. The molecular formula is C22H22N6O5S. The smallest absolute Gasteiger partial charge is 0.300 e. The highest BCUT2D eigenvalue weighted by Gasteiger charge is 2.24. The lowest BCUT2D eigenvalue weighted by molar-refractivity contribution is 0.0956. The number of hydrogen-bond acceptors (Lipinski definition) is 9. The first kappa shape index (κ1) is 22.0. The Morgan fingerprint density at radius 2 is 1.91 bits per heavy atom. The van der Waals surface area contributed by atoms with Gasteiger partial charge in [0.1, 0.15) is 5.52 Å². The zero-order chi connectivity index (χ0) is 23.9. The molecule has 4 aromatic rings. The average molecular weight is 483 g/mol. The maximum atomic E-state index is 12.4. The molecule has 12 heteroatoms. The van der Waals surface area contributed by atoms with Crippen molar-refractivity contribution < 1.29 is 22.4 Å². The topological polar surface area (TPSA) is 132 Å². The predicted octanol–water partition coefficient (Wildman–Crippen LogP) is 1.91. The lowest BCUT2D eigenvalue weighted by Gasteiger charge is -2.27. The minimum Gasteiger partial charge on any atom is -0.445 e. The van der Waals surface area contributed by atoms with E-state index in [4.69, 9.17) is 9.15 Å². The molecule has 0 radical (unpaired) electrons. The molecule has 1 aliphatic rings. The fraction of sp³-hybridized carbons (Fsp3) is 0.273. The van der Waals surface area contributed by atoms with Crippen molar-refractivity contribution in [1.82, 2.24) is 24.5 Å². The van der Waals surface area contributed by atoms with E-state index in [1.165, 1.54) is 6.07 Å². The highest BCUT2D eigenvalue weighted by Crippen LogP contribution is 2.29. The fourth-order valence-electron chi connectivity index (χ4n) is 3.72. The fourth-order valence-corrected chi connectivity index (χ4v) is 4.16. The lowest BCUT2D eigenvalue weighted by atomic mass is 10.1. The Labute approximate surface area is 195 Å². The second kappa shape index (κ2) is 8.54. The van der Waals surface area contributed by atoms with Gasteiger partial charge in [0, 0.05) is 30.9 Å². The summed E-state index contributed by atoms with van der Waals surface area (Å²) in [4.78, 5) is 23.6. The minimum atomic E-state index is -3.75. The Morgan fingerprint density at radius 3 is 2.65 bits per heavy atom. The summed E-state index contributed by atoms with van der Waals surface area (Å²) >= 11 is 0. The molecule has 0 saturated carbocycles. The highest BCUT2D eigenvalue weighted by molar-refractivity contribution is 7.89. The van der Waals surface area contributed by atoms with Gasteiger partial charge in [-0.1, -0.05) is 23.8 Å². The zero-order valence-electron chi connectivity index (χ0n) is 18.6. The number of amides is 1. The Hall–Kier alpha value is -3.77. The SMILES string of the molecule is Cc1cccc(-c2ccn(-c3nc(N4CCOCC4)c4oc(C(=O)NS(C)(=O)=O)cc4n3)n2)c1. The van der Waals surface area contributed by atoms with Crippen molar-refractivity contribution in [1.29, 1.82) is 0 Å². The second-order valence-corrected chi connectivity index (χ2v) is 9.74. The van der Waals surface area contributed by atoms with E-state index in [0.29, 0.717) is 43.6 Å². The predicted molar refractivity (Wildman–Crippen MR) is 124 cm³/mol. The number of hydrogen-bond donors (Lipinski definition) is 1. The first-order valence-corrected chi connectivity index (χ1v) is 12.5. The van der Waals surface area contributed by atoms with Crippen LogP contribution in [0.5, 0.6) is 0 Å². The van der Waals surface area contributed by atoms with Crippen LogP contribution in [0, 0.1) is 6.92 Å². The van der Waals surface area contributed by atoms with Crippen molar-refractivity contribution in [2.75, 3.05) is 37.5 Å². The number of aromatic nitrogens is 4. The normalized spacial score (nSPS) is 14.5. The first-order chi connectivity index (χ1) is 16.3. The number of benzene rings is 1. The molecule has 5 rings (SSSR count). The van der Waals surface area contributed by atoms with Gasteiger partial charge in [-0.15, -0.1) is 0 Å². The molecule has 0 aliphatic carbocycles. The van der Waals surface area contributed by atoms with Gasteiger partial charge in [-0.3, -0.25) is 4.79 Å². The molecule has 1 saturated heterocycles. The Morgan fingerprint density at radius 1 is 1.12 bits per heavy atom. The summed E-state index contributed by atoms with van der Waals surface area (Å²) in [5.74, 6) is -0.281. The number of morpholine rings is 1. The van der Waals surface area contributed by atoms with Gasteiger partial charge >= 0.3 is 5.91 Å². The van der Waals surface area contributed by atoms with E-state index in [1.54, 1.807) is 10.9 Å². The number of furan rings is 1. The molecule has 0 spiro atoms. The molecule has 11 nitrogen and oxygen atoms in total. The van der Waals surface area contributed by atoms with E-state index in [-0.39, 0.29) is 11.3 Å². The van der Waals surface area contributed by atoms with Gasteiger partial charge in [0.25, 0.3) is 5.95 Å². The summed E-state index contributed by atoms with van der Waals surface area (Å²) in [6.07, 6.45) is 2.66. The Balaban J connectivity index is 1.59. The van der Waals surface area contributed by atoms with Crippen molar-refractivity contribution in [3.8, 4) is 17.2 Å². The molecule has 1 aromatic carbocycles. The number of nitrogens with zero attached hydrogens (tertiary/aromatic N) is 5. The molecular weight excluding hydrogens is 460 g/mol. The van der Waals surface area contributed by atoms with Crippen LogP contribution in [0.25, 0.3) is 28.3 Å². The van der Waals surface area contributed by atoms with Gasteiger partial charge in [-0.2, -0.15) is 10.1 Å². The quantitative estimate of drug-likeness (QED) is 0.453. The molecule has 4 heterocycles. The maximum Gasteiger partial charge on any atom is 0.300 e. The van der Waals surface area contributed by atoms with Crippen molar-refractivity contribution >= 4 is 32.8 Å². The largest absolute Gasteiger partial charge is 0.445 e. The van der Waals surface area contributed by atoms with Crippen molar-refractivity contribution in [3.63, 3.8) is 0 Å². The number of ether oxygens (including phenoxy) is 1. The zero-order valence-corrected chi connectivity index (χ0v) is 19.4. The monoisotopic (exact) mass is 482 g/mol. The highest BCUT2D eigenvalue weighted by atomic mass is 32.2. The number of sulfonamides is 1. The van der Waals surface area contributed by atoms with E-state index in [9.17, 15) is 13.2 Å². The third kappa shape index (κ3) is 4.50. The van der Waals surface area contributed by atoms with Crippen LogP contribution in [0.1, 0.15) is 16.1 Å². The number of nitrogens with one attached hydrogen (secondary N) is 1. The first-order valence-electron chi connectivity index (χ1n) is 10.6. The van der Waals surface area contributed by atoms with Crippen LogP contribution in [0.3, 0.4) is 0 Å². The van der Waals surface area contributed by atoms with Gasteiger partial charge < -0.3 is 14.1 Å². The molecule has 1 amide bonds. The molecule has 1 fully saturated rings. The minimum absolute atomic E-state index is 0.178. The average Bonchev–Trinajstić information content (AvgIpc) is 3.45. The van der Waals surface area contributed by atoms with Crippen molar-refractivity contribution in [3.05, 3.63) is 53.9 Å². The van der Waals surface area contributed by atoms with E-state index < -0.39 is 15.9 Å². The molecule has 176 valence electrons. The molecule has 34 heavy (non-hydrogen) atoms. The number of anilines is 1. The number of carbonyl (C=O) groups is 1. The van der Waals surface area contributed by atoms with Gasteiger partial charge in [0.15, 0.2) is 17.2 Å². The van der Waals surface area contributed by atoms with Crippen LogP contribution in [0.2, 0.25) is 0 Å². The van der Waals surface area contributed by atoms with E-state index in [1.807, 2.05) is 46.9 Å². The third-order valence-corrected chi connectivity index (χ3v) is 5.82. The lowest BCUT2D eigenvalue weighted by Crippen LogP contribution is -2.37. The second-order valence-electron chi connectivity index (χ2n) is 7.99. The summed E-state index contributed by atoms with van der Waals surface area (Å²) in [6, 6.07) is 11.3. The van der Waals surface area contributed by atoms with Gasteiger partial charge in [-0.25, -0.2) is 22.8 Å². The maximum absolute atomic E-state index is 12.4. The summed E-state index contributed by atoms with van der Waals surface area (Å²) in [5.41, 5.74) is 3.50. The van der Waals surface area contributed by atoms with Crippen LogP contribution < -0.4 is 9.62 Å².